The molecule has 10 N–H and O–H groups in total. The van der Waals surface area contributed by atoms with E-state index in [0.717, 1.165) is 46.4 Å². The Hall–Kier alpha value is -6.18. The molecule has 4 aromatic rings. The average molecular weight is 565 g/mol. The summed E-state index contributed by atoms with van der Waals surface area (Å²) in [6.07, 6.45) is 0. The molecule has 14 nitrogen and oxygen atoms in total. The van der Waals surface area contributed by atoms with Gasteiger partial charge in [-0.15, -0.1) is 0 Å². The molecule has 4 amide bonds. The molecular weight excluding hydrogens is 540 g/mol. The van der Waals surface area contributed by atoms with Crippen molar-refractivity contribution in [2.24, 2.45) is 0 Å². The maximum atomic E-state index is 13.7. The Balaban J connectivity index is 1.79. The number of carbonyl (C=O) groups excluding carboxylic acids is 2. The summed E-state index contributed by atoms with van der Waals surface area (Å²) in [7, 11) is 0. The fourth-order valence-corrected chi connectivity index (χ4v) is 3.64. The minimum absolute atomic E-state index is 0.00761. The van der Waals surface area contributed by atoms with Gasteiger partial charge in [0.2, 0.25) is 0 Å². The number of aromatic hydroxyl groups is 8. The van der Waals surface area contributed by atoms with Gasteiger partial charge < -0.3 is 51.5 Å². The van der Waals surface area contributed by atoms with Crippen LogP contribution in [0.15, 0.2) is 72.8 Å². The van der Waals surface area contributed by atoms with Gasteiger partial charge in [-0.05, 0) is 54.1 Å². The Kier molecular flexibility index (Phi) is 7.66. The van der Waals surface area contributed by atoms with Crippen molar-refractivity contribution in [1.82, 2.24) is 5.32 Å². The average Bonchev–Trinajstić information content (AvgIpc) is 2.93. The van der Waals surface area contributed by atoms with Gasteiger partial charge in [0.15, 0.2) is 46.0 Å². The summed E-state index contributed by atoms with van der Waals surface area (Å²) in [6, 6.07) is 11.7. The van der Waals surface area contributed by atoms with E-state index in [4.69, 9.17) is 0 Å². The van der Waals surface area contributed by atoms with Crippen molar-refractivity contribution in [1.29, 1.82) is 0 Å². The van der Waals surface area contributed by atoms with Crippen LogP contribution in [0.2, 0.25) is 0 Å². The molecule has 0 saturated carbocycles. The first-order chi connectivity index (χ1) is 19.4. The van der Waals surface area contributed by atoms with Crippen LogP contribution in [0.4, 0.5) is 26.7 Å². The smallest absolute Gasteiger partial charge is 0.345 e. The molecule has 212 valence electrons. The second-order valence-electron chi connectivity index (χ2n) is 8.59. The van der Waals surface area contributed by atoms with E-state index >= 15 is 0 Å². The predicted octanol–water partition coefficient (Wildman–Crippen LogP) is 3.70. The molecule has 4 aromatic carbocycles. The summed E-state index contributed by atoms with van der Waals surface area (Å²) in [6.45, 7) is -0.213. The van der Waals surface area contributed by atoms with Crippen LogP contribution in [0, 0.1) is 0 Å². The fraction of sp³-hybridized carbons (Fsp3) is 0.0370. The van der Waals surface area contributed by atoms with E-state index in [2.05, 4.69) is 10.6 Å². The van der Waals surface area contributed by atoms with E-state index in [9.17, 15) is 50.4 Å². The Morgan fingerprint density at radius 3 is 1.44 bits per heavy atom. The number of nitrogens with zero attached hydrogens (tertiary/aromatic N) is 2. The minimum atomic E-state index is -1.05. The highest BCUT2D eigenvalue weighted by Gasteiger charge is 2.31. The number of hydrazine groups is 1. The van der Waals surface area contributed by atoms with Crippen molar-refractivity contribution in [2.45, 2.75) is 6.54 Å². The molecule has 0 spiro atoms. The van der Waals surface area contributed by atoms with E-state index in [-0.39, 0.29) is 29.4 Å². The number of urea groups is 2. The summed E-state index contributed by atoms with van der Waals surface area (Å²) < 4.78 is 0. The number of hydrogen-bond acceptors (Lipinski definition) is 10. The summed E-state index contributed by atoms with van der Waals surface area (Å²) in [4.78, 5) is 27.3. The Labute approximate surface area is 231 Å². The molecule has 41 heavy (non-hydrogen) atoms. The predicted molar refractivity (Wildman–Crippen MR) is 145 cm³/mol. The number of carbonyl (C=O) groups is 2. The highest BCUT2D eigenvalue weighted by molar-refractivity contribution is 6.10. The van der Waals surface area contributed by atoms with E-state index in [1.165, 1.54) is 36.4 Å². The Bertz CT molecular complexity index is 1630. The van der Waals surface area contributed by atoms with Crippen molar-refractivity contribution < 1.29 is 50.4 Å². The molecule has 0 aliphatic carbocycles. The molecule has 0 aliphatic rings. The van der Waals surface area contributed by atoms with E-state index in [0.29, 0.717) is 5.56 Å². The molecule has 14 heteroatoms. The van der Waals surface area contributed by atoms with Gasteiger partial charge in [-0.1, -0.05) is 6.07 Å². The third-order valence-corrected chi connectivity index (χ3v) is 5.70. The summed E-state index contributed by atoms with van der Waals surface area (Å²) in [5.41, 5.74) is 0.0418. The van der Waals surface area contributed by atoms with Crippen molar-refractivity contribution in [2.75, 3.05) is 15.3 Å². The van der Waals surface area contributed by atoms with Crippen molar-refractivity contribution in [3.63, 3.8) is 0 Å². The van der Waals surface area contributed by atoms with Gasteiger partial charge in [0.1, 0.15) is 0 Å². The lowest BCUT2D eigenvalue weighted by Crippen LogP contribution is -2.55. The number of anilines is 3. The monoisotopic (exact) mass is 564 g/mol. The molecule has 0 radical (unpaired) electrons. The second-order valence-corrected chi connectivity index (χ2v) is 8.59. The zero-order valence-corrected chi connectivity index (χ0v) is 20.9. The van der Waals surface area contributed by atoms with Crippen molar-refractivity contribution in [3.05, 3.63) is 78.4 Å². The van der Waals surface area contributed by atoms with Gasteiger partial charge in [-0.25, -0.2) is 9.59 Å². The SMILES string of the molecule is O=C(NCc1ccc(O)c(O)c1)N(c1ccc(O)c(O)c1)N(C(=O)Nc1ccc(O)c(O)c1)c1ccc(O)c(O)c1. The third-order valence-electron chi connectivity index (χ3n) is 5.70. The molecule has 0 bridgehead atoms. The Morgan fingerprint density at radius 1 is 0.512 bits per heavy atom. The molecule has 0 heterocycles. The number of rotatable bonds is 5. The molecule has 0 unspecified atom stereocenters. The second kappa shape index (κ2) is 11.3. The first-order valence-corrected chi connectivity index (χ1v) is 11.7. The largest absolute Gasteiger partial charge is 0.504 e. The maximum Gasteiger partial charge on any atom is 0.345 e. The van der Waals surface area contributed by atoms with Crippen LogP contribution in [0.25, 0.3) is 0 Å². The lowest BCUT2D eigenvalue weighted by atomic mass is 10.2. The van der Waals surface area contributed by atoms with Crippen LogP contribution in [0.5, 0.6) is 46.0 Å². The van der Waals surface area contributed by atoms with Gasteiger partial charge in [-0.2, -0.15) is 10.0 Å². The number of hydrogen-bond donors (Lipinski definition) is 10. The van der Waals surface area contributed by atoms with Crippen LogP contribution in [-0.2, 0) is 6.54 Å². The van der Waals surface area contributed by atoms with E-state index in [1.54, 1.807) is 0 Å². The van der Waals surface area contributed by atoms with Crippen LogP contribution in [-0.4, -0.2) is 52.9 Å². The highest BCUT2D eigenvalue weighted by atomic mass is 16.3. The third kappa shape index (κ3) is 6.12. The standard InChI is InChI=1S/C27H24N4O10/c32-18-5-1-14(9-22(18)36)13-28-26(40)30(16-3-7-20(34)24(38)11-16)31(17-4-8-21(35)25(39)12-17)27(41)29-15-2-6-19(33)23(37)10-15/h1-12,32-39H,13H2,(H,28,40)(H,29,41). The molecule has 0 fully saturated rings. The van der Waals surface area contributed by atoms with Crippen LogP contribution < -0.4 is 20.7 Å². The summed E-state index contributed by atoms with van der Waals surface area (Å²) in [5, 5.41) is 85.2. The zero-order chi connectivity index (χ0) is 29.8. The number of phenolic OH excluding ortho intramolecular Hbond substituents is 8. The molecule has 0 aromatic heterocycles. The number of nitrogens with one attached hydrogen (secondary N) is 2. The van der Waals surface area contributed by atoms with Crippen molar-refractivity contribution in [3.8, 4) is 46.0 Å². The van der Waals surface area contributed by atoms with Gasteiger partial charge >= 0.3 is 12.1 Å². The van der Waals surface area contributed by atoms with Crippen molar-refractivity contribution >= 4 is 29.1 Å². The van der Waals surface area contributed by atoms with Gasteiger partial charge in [0.25, 0.3) is 0 Å². The quantitative estimate of drug-likeness (QED) is 0.0960. The lowest BCUT2D eigenvalue weighted by molar-refractivity contribution is 0.241. The number of benzene rings is 4. The van der Waals surface area contributed by atoms with E-state index in [1.807, 2.05) is 0 Å². The fourth-order valence-electron chi connectivity index (χ4n) is 3.64. The highest BCUT2D eigenvalue weighted by Crippen LogP contribution is 2.35. The summed E-state index contributed by atoms with van der Waals surface area (Å²) in [5.74, 6) is -4.14. The lowest BCUT2D eigenvalue weighted by Gasteiger charge is -2.35. The first kappa shape index (κ1) is 27.8. The minimum Gasteiger partial charge on any atom is -0.504 e. The first-order valence-electron chi connectivity index (χ1n) is 11.7. The molecule has 0 aliphatic heterocycles. The van der Waals surface area contributed by atoms with Crippen LogP contribution in [0.1, 0.15) is 5.56 Å². The molecular formula is C27H24N4O10. The topological polar surface area (TPSA) is 227 Å². The summed E-state index contributed by atoms with van der Waals surface area (Å²) >= 11 is 0. The van der Waals surface area contributed by atoms with Gasteiger partial charge in [-0.3, -0.25) is 0 Å². The number of amides is 4. The molecule has 0 saturated heterocycles. The van der Waals surface area contributed by atoms with Crippen LogP contribution >= 0.6 is 0 Å². The number of phenols is 8. The van der Waals surface area contributed by atoms with E-state index < -0.39 is 52.3 Å². The van der Waals surface area contributed by atoms with Gasteiger partial charge in [0, 0.05) is 30.4 Å². The molecule has 0 atom stereocenters. The normalized spacial score (nSPS) is 10.5. The molecule has 4 rings (SSSR count). The van der Waals surface area contributed by atoms with Crippen LogP contribution in [0.3, 0.4) is 0 Å². The maximum absolute atomic E-state index is 13.7. The zero-order valence-electron chi connectivity index (χ0n) is 20.9. The Morgan fingerprint density at radius 2 is 0.951 bits per heavy atom. The van der Waals surface area contributed by atoms with Gasteiger partial charge in [0.05, 0.1) is 11.4 Å².